The SMILES string of the molecule is CC(=CCCC(C)=CCCC1(C(=O)O)CC(=O)c2cc(O)ccc2O1)CO. The second-order valence-electron chi connectivity index (χ2n) is 7.02. The van der Waals surface area contributed by atoms with Crippen molar-refractivity contribution >= 4 is 11.8 Å². The molecule has 1 aromatic rings. The number of aliphatic hydroxyl groups is 1. The summed E-state index contributed by atoms with van der Waals surface area (Å²) in [6.45, 7) is 3.89. The lowest BCUT2D eigenvalue weighted by Gasteiger charge is -2.34. The Bertz CT molecular complexity index is 777. The highest BCUT2D eigenvalue weighted by molar-refractivity contribution is 6.03. The number of carboxylic acid groups (broad SMARTS) is 1. The first kappa shape index (κ1) is 20.7. The zero-order valence-electron chi connectivity index (χ0n) is 15.7. The van der Waals surface area contributed by atoms with Crippen LogP contribution in [0.15, 0.2) is 41.5 Å². The van der Waals surface area contributed by atoms with Crippen molar-refractivity contribution in [3.63, 3.8) is 0 Å². The quantitative estimate of drug-likeness (QED) is 0.600. The number of carbonyl (C=O) groups is 2. The number of ether oxygens (including phenoxy) is 1. The third-order valence-corrected chi connectivity index (χ3v) is 4.73. The minimum Gasteiger partial charge on any atom is -0.508 e. The second kappa shape index (κ2) is 8.86. The smallest absolute Gasteiger partial charge is 0.348 e. The third kappa shape index (κ3) is 5.20. The normalized spacial score (nSPS) is 20.2. The first-order chi connectivity index (χ1) is 12.8. The molecular weight excluding hydrogens is 348 g/mol. The molecule has 1 unspecified atom stereocenters. The van der Waals surface area contributed by atoms with Crippen LogP contribution in [0.4, 0.5) is 0 Å². The Hall–Kier alpha value is -2.60. The minimum atomic E-state index is -1.59. The van der Waals surface area contributed by atoms with E-state index in [0.29, 0.717) is 6.42 Å². The molecule has 1 aliphatic rings. The van der Waals surface area contributed by atoms with Gasteiger partial charge in [0, 0.05) is 6.42 Å². The number of aromatic hydroxyl groups is 1. The number of benzene rings is 1. The molecule has 0 amide bonds. The van der Waals surface area contributed by atoms with Gasteiger partial charge in [-0.15, -0.1) is 0 Å². The van der Waals surface area contributed by atoms with Crippen LogP contribution < -0.4 is 4.74 Å². The molecule has 0 bridgehead atoms. The van der Waals surface area contributed by atoms with Crippen molar-refractivity contribution in [2.45, 2.75) is 51.6 Å². The van der Waals surface area contributed by atoms with Gasteiger partial charge in [0.2, 0.25) is 5.60 Å². The zero-order chi connectivity index (χ0) is 20.0. The van der Waals surface area contributed by atoms with Crippen LogP contribution in [0.5, 0.6) is 11.5 Å². The van der Waals surface area contributed by atoms with Crippen molar-refractivity contribution < 1.29 is 29.6 Å². The standard InChI is InChI=1S/C21H26O6/c1-14(5-3-6-15(2)13-22)7-4-10-21(20(25)26)12-18(24)17-11-16(23)8-9-19(17)27-21/h6-9,11,22-23H,3-5,10,12-13H2,1-2H3,(H,25,26). The predicted octanol–water partition coefficient (Wildman–Crippen LogP) is 3.63. The van der Waals surface area contributed by atoms with Gasteiger partial charge in [-0.3, -0.25) is 4.79 Å². The monoisotopic (exact) mass is 374 g/mol. The molecule has 1 atom stereocenters. The number of phenols is 1. The molecule has 0 radical (unpaired) electrons. The summed E-state index contributed by atoms with van der Waals surface area (Å²) in [4.78, 5) is 24.3. The fraction of sp³-hybridized carbons (Fsp3) is 0.429. The predicted molar refractivity (Wildman–Crippen MR) is 101 cm³/mol. The molecule has 27 heavy (non-hydrogen) atoms. The number of aliphatic hydroxyl groups excluding tert-OH is 1. The summed E-state index contributed by atoms with van der Waals surface area (Å²) < 4.78 is 5.72. The molecule has 0 spiro atoms. The van der Waals surface area contributed by atoms with Gasteiger partial charge in [-0.25, -0.2) is 4.79 Å². The number of aliphatic carboxylic acids is 1. The van der Waals surface area contributed by atoms with E-state index >= 15 is 0 Å². The molecule has 6 heteroatoms. The zero-order valence-corrected chi connectivity index (χ0v) is 15.7. The van der Waals surface area contributed by atoms with Crippen LogP contribution >= 0.6 is 0 Å². The summed E-state index contributed by atoms with van der Waals surface area (Å²) in [6.07, 6.45) is 5.96. The van der Waals surface area contributed by atoms with Gasteiger partial charge in [0.25, 0.3) is 0 Å². The molecule has 1 aliphatic heterocycles. The van der Waals surface area contributed by atoms with E-state index in [1.807, 2.05) is 26.0 Å². The number of hydrogen-bond acceptors (Lipinski definition) is 5. The molecule has 6 nitrogen and oxygen atoms in total. The minimum absolute atomic E-state index is 0.0501. The number of carboxylic acids is 1. The summed E-state index contributed by atoms with van der Waals surface area (Å²) in [7, 11) is 0. The lowest BCUT2D eigenvalue weighted by Crippen LogP contribution is -2.49. The number of allylic oxidation sites excluding steroid dienone is 3. The molecule has 0 saturated heterocycles. The van der Waals surface area contributed by atoms with Crippen LogP contribution in [-0.2, 0) is 4.79 Å². The van der Waals surface area contributed by atoms with E-state index in [0.717, 1.165) is 24.0 Å². The number of carbonyl (C=O) groups excluding carboxylic acids is 1. The third-order valence-electron chi connectivity index (χ3n) is 4.73. The lowest BCUT2D eigenvalue weighted by atomic mass is 9.86. The Kier molecular flexibility index (Phi) is 6.80. The molecule has 1 heterocycles. The van der Waals surface area contributed by atoms with Gasteiger partial charge in [-0.05, 0) is 51.3 Å². The van der Waals surface area contributed by atoms with Crippen molar-refractivity contribution in [2.75, 3.05) is 6.61 Å². The first-order valence-corrected chi connectivity index (χ1v) is 8.98. The molecule has 0 aromatic heterocycles. The van der Waals surface area contributed by atoms with Crippen LogP contribution in [0, 0.1) is 0 Å². The van der Waals surface area contributed by atoms with Gasteiger partial charge < -0.3 is 20.1 Å². The van der Waals surface area contributed by atoms with Crippen molar-refractivity contribution in [3.05, 3.63) is 47.1 Å². The topological polar surface area (TPSA) is 104 Å². The van der Waals surface area contributed by atoms with E-state index < -0.39 is 11.6 Å². The maximum absolute atomic E-state index is 12.4. The number of phenolic OH excluding ortho intramolecular Hbond substituents is 1. The van der Waals surface area contributed by atoms with Gasteiger partial charge in [0.05, 0.1) is 18.6 Å². The first-order valence-electron chi connectivity index (χ1n) is 8.98. The van der Waals surface area contributed by atoms with E-state index in [-0.39, 0.29) is 42.3 Å². The fourth-order valence-electron chi connectivity index (χ4n) is 3.06. The molecule has 1 aromatic carbocycles. The number of rotatable bonds is 8. The summed E-state index contributed by atoms with van der Waals surface area (Å²) in [5, 5.41) is 28.2. The molecule has 0 fully saturated rings. The molecule has 146 valence electrons. The van der Waals surface area contributed by atoms with E-state index in [1.54, 1.807) is 0 Å². The fourth-order valence-corrected chi connectivity index (χ4v) is 3.06. The van der Waals surface area contributed by atoms with E-state index in [4.69, 9.17) is 9.84 Å². The summed E-state index contributed by atoms with van der Waals surface area (Å²) in [5.41, 5.74) is 0.659. The molecule has 2 rings (SSSR count). The van der Waals surface area contributed by atoms with Gasteiger partial charge in [-0.2, -0.15) is 0 Å². The second-order valence-corrected chi connectivity index (χ2v) is 7.02. The number of Topliss-reactive ketones (excluding diaryl/α,β-unsaturated/α-hetero) is 1. The Morgan fingerprint density at radius 1 is 1.22 bits per heavy atom. The Morgan fingerprint density at radius 2 is 1.93 bits per heavy atom. The van der Waals surface area contributed by atoms with Crippen LogP contribution in [0.2, 0.25) is 0 Å². The largest absolute Gasteiger partial charge is 0.508 e. The lowest BCUT2D eigenvalue weighted by molar-refractivity contribution is -0.156. The van der Waals surface area contributed by atoms with Crippen molar-refractivity contribution in [2.24, 2.45) is 0 Å². The highest BCUT2D eigenvalue weighted by Crippen LogP contribution is 2.38. The summed E-state index contributed by atoms with van der Waals surface area (Å²) in [6, 6.07) is 4.10. The van der Waals surface area contributed by atoms with Gasteiger partial charge in [-0.1, -0.05) is 23.3 Å². The van der Waals surface area contributed by atoms with E-state index in [1.165, 1.54) is 18.2 Å². The number of ketones is 1. The number of hydrogen-bond donors (Lipinski definition) is 3. The average Bonchev–Trinajstić information content (AvgIpc) is 2.62. The van der Waals surface area contributed by atoms with E-state index in [9.17, 15) is 19.8 Å². The van der Waals surface area contributed by atoms with Crippen LogP contribution in [0.1, 0.15) is 56.3 Å². The van der Waals surface area contributed by atoms with Crippen LogP contribution in [0.3, 0.4) is 0 Å². The molecule has 0 saturated carbocycles. The Morgan fingerprint density at radius 3 is 2.59 bits per heavy atom. The van der Waals surface area contributed by atoms with Crippen LogP contribution in [0.25, 0.3) is 0 Å². The number of fused-ring (bicyclic) bond motifs is 1. The van der Waals surface area contributed by atoms with Crippen molar-refractivity contribution in [1.82, 2.24) is 0 Å². The van der Waals surface area contributed by atoms with Gasteiger partial charge in [0.15, 0.2) is 5.78 Å². The molecular formula is C21H26O6. The van der Waals surface area contributed by atoms with Crippen LogP contribution in [-0.4, -0.2) is 39.3 Å². The summed E-state index contributed by atoms with van der Waals surface area (Å²) in [5.74, 6) is -1.38. The van der Waals surface area contributed by atoms with Gasteiger partial charge >= 0.3 is 5.97 Å². The maximum atomic E-state index is 12.4. The average molecular weight is 374 g/mol. The van der Waals surface area contributed by atoms with Crippen molar-refractivity contribution in [3.8, 4) is 11.5 Å². The Balaban J connectivity index is 2.06. The Labute approximate surface area is 158 Å². The van der Waals surface area contributed by atoms with E-state index in [2.05, 4.69) is 0 Å². The maximum Gasteiger partial charge on any atom is 0.348 e. The van der Waals surface area contributed by atoms with Gasteiger partial charge in [0.1, 0.15) is 11.5 Å². The molecule has 0 aliphatic carbocycles. The highest BCUT2D eigenvalue weighted by Gasteiger charge is 2.46. The van der Waals surface area contributed by atoms with Crippen molar-refractivity contribution in [1.29, 1.82) is 0 Å². The summed E-state index contributed by atoms with van der Waals surface area (Å²) >= 11 is 0. The molecule has 3 N–H and O–H groups in total. The highest BCUT2D eigenvalue weighted by atomic mass is 16.5.